The molecule has 1 heterocycles. The summed E-state index contributed by atoms with van der Waals surface area (Å²) in [6.45, 7) is 4.10. The molecule has 3 rings (SSSR count). The molecule has 2 aromatic rings. The van der Waals surface area contributed by atoms with Crippen LogP contribution in [0.25, 0.3) is 0 Å². The van der Waals surface area contributed by atoms with E-state index in [4.69, 9.17) is 9.47 Å². The standard InChI is InChI=1S/C20H21NO4/c1-3-24-14(2)25-18-17(15-10-6-4-7-11-15)21(20(18)23)19(22)16-12-8-5-9-13-16/h4-14,17-18H,3H2,1-2H3/t14?,17-,18+/m1/s1. The molecule has 2 amide bonds. The van der Waals surface area contributed by atoms with Gasteiger partial charge in [0.25, 0.3) is 11.8 Å². The van der Waals surface area contributed by atoms with E-state index in [1.807, 2.05) is 43.3 Å². The van der Waals surface area contributed by atoms with Gasteiger partial charge in [0, 0.05) is 12.2 Å². The molecular weight excluding hydrogens is 318 g/mol. The van der Waals surface area contributed by atoms with Gasteiger partial charge in [-0.25, -0.2) is 0 Å². The number of ether oxygens (including phenoxy) is 2. The van der Waals surface area contributed by atoms with Crippen LogP contribution in [0.2, 0.25) is 0 Å². The molecule has 25 heavy (non-hydrogen) atoms. The second kappa shape index (κ2) is 7.59. The number of hydrogen-bond acceptors (Lipinski definition) is 4. The van der Waals surface area contributed by atoms with Crippen molar-refractivity contribution in [3.63, 3.8) is 0 Å². The van der Waals surface area contributed by atoms with Crippen molar-refractivity contribution in [1.29, 1.82) is 0 Å². The van der Waals surface area contributed by atoms with Gasteiger partial charge in [0.1, 0.15) is 6.04 Å². The maximum Gasteiger partial charge on any atom is 0.261 e. The van der Waals surface area contributed by atoms with Crippen LogP contribution in [0.4, 0.5) is 0 Å². The number of carbonyl (C=O) groups is 2. The summed E-state index contributed by atoms with van der Waals surface area (Å²) in [5, 5.41) is 0. The Morgan fingerprint density at radius 2 is 1.68 bits per heavy atom. The monoisotopic (exact) mass is 339 g/mol. The van der Waals surface area contributed by atoms with Crippen LogP contribution in [0.1, 0.15) is 35.8 Å². The highest BCUT2D eigenvalue weighted by atomic mass is 16.7. The van der Waals surface area contributed by atoms with Crippen LogP contribution in [0, 0.1) is 0 Å². The van der Waals surface area contributed by atoms with Crippen LogP contribution in [0.5, 0.6) is 0 Å². The highest BCUT2D eigenvalue weighted by molar-refractivity contribution is 6.10. The van der Waals surface area contributed by atoms with Crippen LogP contribution < -0.4 is 0 Å². The number of β-lactam (4-membered cyclic amide) rings is 1. The van der Waals surface area contributed by atoms with E-state index in [0.29, 0.717) is 12.2 Å². The second-order valence-electron chi connectivity index (χ2n) is 5.81. The van der Waals surface area contributed by atoms with E-state index in [2.05, 4.69) is 0 Å². The van der Waals surface area contributed by atoms with Crippen molar-refractivity contribution >= 4 is 11.8 Å². The van der Waals surface area contributed by atoms with Gasteiger partial charge >= 0.3 is 0 Å². The van der Waals surface area contributed by atoms with E-state index in [0.717, 1.165) is 5.56 Å². The van der Waals surface area contributed by atoms with Crippen LogP contribution in [0.3, 0.4) is 0 Å². The van der Waals surface area contributed by atoms with Crippen molar-refractivity contribution < 1.29 is 19.1 Å². The number of nitrogens with zero attached hydrogens (tertiary/aromatic N) is 1. The largest absolute Gasteiger partial charge is 0.353 e. The van der Waals surface area contributed by atoms with E-state index in [1.165, 1.54) is 4.90 Å². The summed E-state index contributed by atoms with van der Waals surface area (Å²) in [7, 11) is 0. The molecule has 0 bridgehead atoms. The number of amides is 2. The number of rotatable bonds is 6. The van der Waals surface area contributed by atoms with Gasteiger partial charge in [0.05, 0.1) is 0 Å². The van der Waals surface area contributed by atoms with Crippen LogP contribution >= 0.6 is 0 Å². The van der Waals surface area contributed by atoms with E-state index >= 15 is 0 Å². The average molecular weight is 339 g/mol. The minimum atomic E-state index is -0.725. The molecule has 3 atom stereocenters. The Morgan fingerprint density at radius 1 is 1.08 bits per heavy atom. The summed E-state index contributed by atoms with van der Waals surface area (Å²) >= 11 is 0. The van der Waals surface area contributed by atoms with Gasteiger partial charge in [-0.3, -0.25) is 14.5 Å². The SMILES string of the molecule is CCOC(C)O[C@@H]1C(=O)N(C(=O)c2ccccc2)[C@@H]1c1ccccc1. The third-order valence-corrected chi connectivity index (χ3v) is 4.17. The zero-order valence-electron chi connectivity index (χ0n) is 14.3. The lowest BCUT2D eigenvalue weighted by Gasteiger charge is -2.46. The number of benzene rings is 2. The van der Waals surface area contributed by atoms with Crippen molar-refractivity contribution in [1.82, 2.24) is 4.90 Å². The summed E-state index contributed by atoms with van der Waals surface area (Å²) in [5.74, 6) is -0.655. The molecule has 1 aliphatic heterocycles. The van der Waals surface area contributed by atoms with E-state index in [1.54, 1.807) is 31.2 Å². The summed E-state index contributed by atoms with van der Waals surface area (Å²) in [4.78, 5) is 26.7. The number of imide groups is 1. The normalized spacial score (nSPS) is 20.9. The molecule has 0 N–H and O–H groups in total. The van der Waals surface area contributed by atoms with Crippen molar-refractivity contribution in [3.05, 3.63) is 71.8 Å². The Morgan fingerprint density at radius 3 is 2.28 bits per heavy atom. The fourth-order valence-electron chi connectivity index (χ4n) is 3.00. The molecule has 0 aliphatic carbocycles. The molecule has 0 aromatic heterocycles. The molecule has 1 unspecified atom stereocenters. The van der Waals surface area contributed by atoms with Crippen molar-refractivity contribution in [2.24, 2.45) is 0 Å². The highest BCUT2D eigenvalue weighted by Crippen LogP contribution is 2.38. The molecule has 130 valence electrons. The first-order valence-electron chi connectivity index (χ1n) is 8.38. The summed E-state index contributed by atoms with van der Waals surface area (Å²) < 4.78 is 11.1. The van der Waals surface area contributed by atoms with E-state index in [-0.39, 0.29) is 11.8 Å². The van der Waals surface area contributed by atoms with Gasteiger partial charge in [-0.1, -0.05) is 48.5 Å². The molecule has 5 nitrogen and oxygen atoms in total. The Bertz CT molecular complexity index is 732. The fraction of sp³-hybridized carbons (Fsp3) is 0.300. The minimum Gasteiger partial charge on any atom is -0.353 e. The Kier molecular flexibility index (Phi) is 5.26. The fourth-order valence-corrected chi connectivity index (χ4v) is 3.00. The predicted octanol–water partition coefficient (Wildman–Crippen LogP) is 3.18. The summed E-state index contributed by atoms with van der Waals surface area (Å²) in [5.41, 5.74) is 1.34. The topological polar surface area (TPSA) is 55.8 Å². The number of hydrogen-bond donors (Lipinski definition) is 0. The first-order chi connectivity index (χ1) is 12.1. The molecule has 1 saturated heterocycles. The number of carbonyl (C=O) groups excluding carboxylic acids is 2. The molecule has 1 fully saturated rings. The van der Waals surface area contributed by atoms with Crippen LogP contribution in [-0.4, -0.2) is 35.7 Å². The van der Waals surface area contributed by atoms with Crippen molar-refractivity contribution in [3.8, 4) is 0 Å². The average Bonchev–Trinajstić information content (AvgIpc) is 2.65. The summed E-state index contributed by atoms with van der Waals surface area (Å²) in [6, 6.07) is 17.8. The zero-order chi connectivity index (χ0) is 17.8. The first kappa shape index (κ1) is 17.3. The molecule has 1 aliphatic rings. The Labute approximate surface area is 147 Å². The van der Waals surface area contributed by atoms with Gasteiger partial charge < -0.3 is 9.47 Å². The molecule has 0 radical (unpaired) electrons. The predicted molar refractivity (Wildman–Crippen MR) is 92.8 cm³/mol. The maximum atomic E-state index is 12.8. The second-order valence-corrected chi connectivity index (χ2v) is 5.81. The first-order valence-corrected chi connectivity index (χ1v) is 8.38. The third kappa shape index (κ3) is 3.48. The van der Waals surface area contributed by atoms with Crippen LogP contribution in [-0.2, 0) is 14.3 Å². The van der Waals surface area contributed by atoms with Crippen molar-refractivity contribution in [2.75, 3.05) is 6.61 Å². The summed E-state index contributed by atoms with van der Waals surface area (Å²) in [6.07, 6.45) is -1.24. The smallest absolute Gasteiger partial charge is 0.261 e. The van der Waals surface area contributed by atoms with Crippen LogP contribution in [0.15, 0.2) is 60.7 Å². The lowest BCUT2D eigenvalue weighted by Crippen LogP contribution is -2.62. The van der Waals surface area contributed by atoms with Gasteiger partial charge in [-0.05, 0) is 31.5 Å². The number of likely N-dealkylation sites (tertiary alicyclic amines) is 1. The minimum absolute atomic E-state index is 0.316. The van der Waals surface area contributed by atoms with Gasteiger partial charge in [0.2, 0.25) is 0 Å². The lowest BCUT2D eigenvalue weighted by molar-refractivity contribution is -0.209. The molecule has 0 spiro atoms. The van der Waals surface area contributed by atoms with E-state index in [9.17, 15) is 9.59 Å². The van der Waals surface area contributed by atoms with Gasteiger partial charge in [-0.2, -0.15) is 0 Å². The highest BCUT2D eigenvalue weighted by Gasteiger charge is 2.53. The quantitative estimate of drug-likeness (QED) is 0.461. The maximum absolute atomic E-state index is 12.8. The van der Waals surface area contributed by atoms with Crippen molar-refractivity contribution in [2.45, 2.75) is 32.3 Å². The van der Waals surface area contributed by atoms with Gasteiger partial charge in [-0.15, -0.1) is 0 Å². The Balaban J connectivity index is 1.87. The van der Waals surface area contributed by atoms with E-state index < -0.39 is 18.4 Å². The molecule has 0 saturated carbocycles. The Hall–Kier alpha value is -2.50. The molecule has 2 aromatic carbocycles. The zero-order valence-corrected chi connectivity index (χ0v) is 14.3. The molecular formula is C20H21NO4. The molecule has 5 heteroatoms. The lowest BCUT2D eigenvalue weighted by atomic mass is 9.89. The third-order valence-electron chi connectivity index (χ3n) is 4.17. The van der Waals surface area contributed by atoms with Gasteiger partial charge in [0.15, 0.2) is 12.4 Å².